The molecule has 1 saturated heterocycles. The molecule has 0 atom stereocenters. The molecule has 2 aromatic carbocycles. The van der Waals surface area contributed by atoms with Gasteiger partial charge < -0.3 is 28.4 Å². The van der Waals surface area contributed by atoms with Gasteiger partial charge in [-0.05, 0) is 29.8 Å². The molecule has 0 unspecified atom stereocenters. The van der Waals surface area contributed by atoms with Gasteiger partial charge in [0.1, 0.15) is 23.8 Å². The molecule has 1 aliphatic rings. The summed E-state index contributed by atoms with van der Waals surface area (Å²) >= 11 is 0. The summed E-state index contributed by atoms with van der Waals surface area (Å²) in [6.07, 6.45) is 1.59. The van der Waals surface area contributed by atoms with Crippen LogP contribution in [0.15, 0.2) is 71.3 Å². The van der Waals surface area contributed by atoms with E-state index in [1.54, 1.807) is 47.4 Å². The van der Waals surface area contributed by atoms with Gasteiger partial charge in [-0.2, -0.15) is 0 Å². The Labute approximate surface area is 223 Å². The smallest absolute Gasteiger partial charge is 0.258 e. The van der Waals surface area contributed by atoms with Crippen LogP contribution >= 0.6 is 0 Å². The summed E-state index contributed by atoms with van der Waals surface area (Å²) in [5.41, 5.74) is 1.37. The molecule has 38 heavy (non-hydrogen) atoms. The van der Waals surface area contributed by atoms with E-state index in [-0.39, 0.29) is 18.4 Å². The molecule has 0 aliphatic carbocycles. The Morgan fingerprint density at radius 3 is 2.39 bits per heavy atom. The van der Waals surface area contributed by atoms with Crippen LogP contribution in [0.1, 0.15) is 21.7 Å². The lowest BCUT2D eigenvalue weighted by Gasteiger charge is -2.31. The lowest BCUT2D eigenvalue weighted by Crippen LogP contribution is -2.47. The second-order valence-corrected chi connectivity index (χ2v) is 9.06. The van der Waals surface area contributed by atoms with E-state index in [9.17, 15) is 9.59 Å². The number of rotatable bonds is 12. The van der Waals surface area contributed by atoms with E-state index in [1.807, 2.05) is 36.4 Å². The zero-order valence-electron chi connectivity index (χ0n) is 22.0. The summed E-state index contributed by atoms with van der Waals surface area (Å²) in [7, 11) is 3.07. The van der Waals surface area contributed by atoms with Gasteiger partial charge in [-0.15, -0.1) is 0 Å². The van der Waals surface area contributed by atoms with Gasteiger partial charge in [0.15, 0.2) is 0 Å². The number of benzene rings is 2. The maximum Gasteiger partial charge on any atom is 0.258 e. The van der Waals surface area contributed by atoms with Crippen molar-refractivity contribution in [1.82, 2.24) is 14.7 Å². The van der Waals surface area contributed by atoms with Gasteiger partial charge in [-0.25, -0.2) is 0 Å². The lowest BCUT2D eigenvalue weighted by molar-refractivity contribution is -0.133. The minimum absolute atomic E-state index is 0.0775. The zero-order chi connectivity index (χ0) is 26.7. The van der Waals surface area contributed by atoms with Crippen molar-refractivity contribution in [2.24, 2.45) is 0 Å². The van der Waals surface area contributed by atoms with Crippen molar-refractivity contribution in [1.29, 1.82) is 0 Å². The van der Waals surface area contributed by atoms with Crippen LogP contribution in [0.4, 0.5) is 0 Å². The molecule has 2 heterocycles. The minimum Gasteiger partial charge on any atom is -0.497 e. The second-order valence-electron chi connectivity index (χ2n) is 9.06. The maximum atomic E-state index is 13.8. The Bertz CT molecular complexity index is 1160. The molecule has 202 valence electrons. The molecule has 0 radical (unpaired) electrons. The van der Waals surface area contributed by atoms with Crippen molar-refractivity contribution in [3.05, 3.63) is 83.8 Å². The summed E-state index contributed by atoms with van der Waals surface area (Å²) in [5, 5.41) is 0. The third-order valence-electron chi connectivity index (χ3n) is 6.54. The van der Waals surface area contributed by atoms with Crippen molar-refractivity contribution >= 4 is 11.8 Å². The van der Waals surface area contributed by atoms with Crippen molar-refractivity contribution < 1.29 is 28.2 Å². The van der Waals surface area contributed by atoms with Gasteiger partial charge in [-0.1, -0.05) is 30.3 Å². The predicted octanol–water partition coefficient (Wildman–Crippen LogP) is 3.30. The van der Waals surface area contributed by atoms with Crippen LogP contribution in [-0.4, -0.2) is 86.7 Å². The molecule has 0 spiro atoms. The summed E-state index contributed by atoms with van der Waals surface area (Å²) in [4.78, 5) is 33.1. The summed E-state index contributed by atoms with van der Waals surface area (Å²) in [6, 6.07) is 18.5. The Kier molecular flexibility index (Phi) is 9.77. The highest BCUT2D eigenvalue weighted by molar-refractivity contribution is 5.99. The predicted molar refractivity (Wildman–Crippen MR) is 142 cm³/mol. The molecule has 1 aliphatic heterocycles. The van der Waals surface area contributed by atoms with Crippen LogP contribution in [0.25, 0.3) is 0 Å². The molecular weight excluding hydrogens is 486 g/mol. The normalized spacial score (nSPS) is 13.6. The SMILES string of the molecule is COc1ccc(C(=O)N(CCN2CCOCC2)CC(=O)N(Cc2ccccc2)Cc2ccco2)c(OC)c1. The number of hydrogen-bond acceptors (Lipinski definition) is 7. The van der Waals surface area contributed by atoms with E-state index in [0.29, 0.717) is 62.2 Å². The number of methoxy groups -OCH3 is 2. The number of carbonyl (C=O) groups is 2. The fourth-order valence-corrected chi connectivity index (χ4v) is 4.37. The Morgan fingerprint density at radius 2 is 1.71 bits per heavy atom. The highest BCUT2D eigenvalue weighted by Gasteiger charge is 2.26. The largest absolute Gasteiger partial charge is 0.497 e. The first kappa shape index (κ1) is 27.2. The number of ether oxygens (including phenoxy) is 3. The van der Waals surface area contributed by atoms with E-state index in [1.165, 1.54) is 7.11 Å². The minimum atomic E-state index is -0.274. The topological polar surface area (TPSA) is 84.7 Å². The van der Waals surface area contributed by atoms with Crippen molar-refractivity contribution in [3.8, 4) is 11.5 Å². The molecule has 0 N–H and O–H groups in total. The number of carbonyl (C=O) groups excluding carboxylic acids is 2. The van der Waals surface area contributed by atoms with Crippen LogP contribution in [0.2, 0.25) is 0 Å². The maximum absolute atomic E-state index is 13.8. The average Bonchev–Trinajstić information content (AvgIpc) is 3.48. The number of amides is 2. The van der Waals surface area contributed by atoms with E-state index < -0.39 is 0 Å². The lowest BCUT2D eigenvalue weighted by atomic mass is 10.1. The third-order valence-corrected chi connectivity index (χ3v) is 6.54. The number of hydrogen-bond donors (Lipinski definition) is 0. The zero-order valence-corrected chi connectivity index (χ0v) is 22.0. The fraction of sp³-hybridized carbons (Fsp3) is 0.379. The standard InChI is InChI=1S/C29H35N3O6/c1-35-24-10-11-26(27(19-24)36-2)29(34)31(13-12-30-14-17-37-18-15-30)22-28(33)32(21-25-9-6-16-38-25)20-23-7-4-3-5-8-23/h3-11,16,19H,12-15,17-18,20-22H2,1-2H3. The van der Waals surface area contributed by atoms with Crippen molar-refractivity contribution in [2.45, 2.75) is 13.1 Å². The summed E-state index contributed by atoms with van der Waals surface area (Å²) < 4.78 is 21.8. The van der Waals surface area contributed by atoms with Gasteiger partial charge >= 0.3 is 0 Å². The molecule has 0 bridgehead atoms. The highest BCUT2D eigenvalue weighted by atomic mass is 16.5. The summed E-state index contributed by atoms with van der Waals surface area (Å²) in [5.74, 6) is 1.21. The number of nitrogens with zero attached hydrogens (tertiary/aromatic N) is 3. The van der Waals surface area contributed by atoms with Crippen LogP contribution in [0.3, 0.4) is 0 Å². The quantitative estimate of drug-likeness (QED) is 0.362. The molecule has 0 saturated carbocycles. The summed E-state index contributed by atoms with van der Waals surface area (Å²) in [6.45, 7) is 4.56. The first-order valence-corrected chi connectivity index (χ1v) is 12.7. The molecule has 9 heteroatoms. The number of morpholine rings is 1. The molecule has 1 fully saturated rings. The third kappa shape index (κ3) is 7.36. The number of furan rings is 1. The molecule has 2 amide bonds. The van der Waals surface area contributed by atoms with E-state index in [0.717, 1.165) is 18.7 Å². The van der Waals surface area contributed by atoms with E-state index in [2.05, 4.69) is 4.90 Å². The van der Waals surface area contributed by atoms with Crippen LogP contribution in [0.5, 0.6) is 11.5 Å². The Morgan fingerprint density at radius 1 is 0.921 bits per heavy atom. The Balaban J connectivity index is 1.56. The molecule has 1 aromatic heterocycles. The van der Waals surface area contributed by atoms with Gasteiger partial charge in [0.25, 0.3) is 5.91 Å². The fourth-order valence-electron chi connectivity index (χ4n) is 4.37. The van der Waals surface area contributed by atoms with E-state index >= 15 is 0 Å². The first-order valence-electron chi connectivity index (χ1n) is 12.7. The second kappa shape index (κ2) is 13.6. The average molecular weight is 522 g/mol. The highest BCUT2D eigenvalue weighted by Crippen LogP contribution is 2.26. The monoisotopic (exact) mass is 521 g/mol. The van der Waals surface area contributed by atoms with Crippen LogP contribution in [0, 0.1) is 0 Å². The van der Waals surface area contributed by atoms with Gasteiger partial charge in [-0.3, -0.25) is 14.5 Å². The molecule has 9 nitrogen and oxygen atoms in total. The van der Waals surface area contributed by atoms with Gasteiger partial charge in [0, 0.05) is 38.8 Å². The first-order chi connectivity index (χ1) is 18.6. The van der Waals surface area contributed by atoms with Crippen LogP contribution in [-0.2, 0) is 22.6 Å². The van der Waals surface area contributed by atoms with Crippen molar-refractivity contribution in [3.63, 3.8) is 0 Å². The van der Waals surface area contributed by atoms with Crippen molar-refractivity contribution in [2.75, 3.05) is 60.2 Å². The van der Waals surface area contributed by atoms with E-state index in [4.69, 9.17) is 18.6 Å². The van der Waals surface area contributed by atoms with Gasteiger partial charge in [0.2, 0.25) is 5.91 Å². The molecule has 4 rings (SSSR count). The van der Waals surface area contributed by atoms with Gasteiger partial charge in [0.05, 0.1) is 45.8 Å². The Hall–Kier alpha value is -3.82. The molecule has 3 aromatic rings. The molecular formula is C29H35N3O6. The van der Waals surface area contributed by atoms with Crippen LogP contribution < -0.4 is 9.47 Å².